The van der Waals surface area contributed by atoms with Gasteiger partial charge >= 0.3 is 0 Å². The summed E-state index contributed by atoms with van der Waals surface area (Å²) in [6, 6.07) is 8.48. The largest absolute Gasteiger partial charge is 0.312 e. The third-order valence-electron chi connectivity index (χ3n) is 4.37. The molecule has 7 heteroatoms. The van der Waals surface area contributed by atoms with Crippen LogP contribution in [0, 0.1) is 0 Å². The number of sulfone groups is 1. The zero-order valence-electron chi connectivity index (χ0n) is 13.4. The van der Waals surface area contributed by atoms with Crippen LogP contribution in [0.15, 0.2) is 46.3 Å². The quantitative estimate of drug-likeness (QED) is 0.785. The van der Waals surface area contributed by atoms with Crippen LogP contribution in [0.4, 0.5) is 0 Å². The molecule has 2 aromatic heterocycles. The van der Waals surface area contributed by atoms with E-state index in [1.165, 1.54) is 0 Å². The Hall–Kier alpha value is -2.25. The first kappa shape index (κ1) is 15.3. The van der Waals surface area contributed by atoms with E-state index in [4.69, 9.17) is 0 Å². The van der Waals surface area contributed by atoms with E-state index in [2.05, 4.69) is 15.4 Å². The number of aromatic nitrogens is 3. The summed E-state index contributed by atoms with van der Waals surface area (Å²) >= 11 is 0. The standard InChI is InChI=1S/C17H18N4O2S/c1-2-14-16(24(22,23)13-6-4-3-5-7-13)17-19-11-12-10-18-9-8-15(12)21(17)20-14/h3-7,11,18H,2,8-10H2,1H3. The van der Waals surface area contributed by atoms with Gasteiger partial charge in [0, 0.05) is 31.3 Å². The van der Waals surface area contributed by atoms with Crippen molar-refractivity contribution in [2.75, 3.05) is 6.54 Å². The maximum absolute atomic E-state index is 13.2. The fourth-order valence-corrected chi connectivity index (χ4v) is 4.78. The number of aryl methyl sites for hydroxylation is 1. The minimum atomic E-state index is -3.65. The molecule has 0 saturated carbocycles. The lowest BCUT2D eigenvalue weighted by molar-refractivity contribution is 0.595. The van der Waals surface area contributed by atoms with E-state index in [1.54, 1.807) is 41.0 Å². The number of benzene rings is 1. The monoisotopic (exact) mass is 342 g/mol. The van der Waals surface area contributed by atoms with E-state index in [0.717, 1.165) is 30.8 Å². The topological polar surface area (TPSA) is 76.4 Å². The molecule has 24 heavy (non-hydrogen) atoms. The van der Waals surface area contributed by atoms with Crippen LogP contribution in [0.25, 0.3) is 5.65 Å². The van der Waals surface area contributed by atoms with Crippen molar-refractivity contribution in [1.82, 2.24) is 19.9 Å². The van der Waals surface area contributed by atoms with Gasteiger partial charge < -0.3 is 5.32 Å². The summed E-state index contributed by atoms with van der Waals surface area (Å²) in [4.78, 5) is 4.94. The van der Waals surface area contributed by atoms with Crippen molar-refractivity contribution in [2.45, 2.75) is 36.1 Å². The van der Waals surface area contributed by atoms with Gasteiger partial charge in [-0.3, -0.25) is 0 Å². The molecule has 0 amide bonds. The van der Waals surface area contributed by atoms with Gasteiger partial charge in [0.25, 0.3) is 0 Å². The number of rotatable bonds is 3. The van der Waals surface area contributed by atoms with Crippen LogP contribution in [-0.4, -0.2) is 29.6 Å². The van der Waals surface area contributed by atoms with E-state index < -0.39 is 9.84 Å². The highest BCUT2D eigenvalue weighted by Gasteiger charge is 2.29. The minimum absolute atomic E-state index is 0.234. The lowest BCUT2D eigenvalue weighted by atomic mass is 10.1. The zero-order valence-corrected chi connectivity index (χ0v) is 14.2. The minimum Gasteiger partial charge on any atom is -0.312 e. The SMILES string of the molecule is CCc1nn2c3c(cnc2c1S(=O)(=O)c1ccccc1)CNCC3. The van der Waals surface area contributed by atoms with E-state index in [0.29, 0.717) is 17.8 Å². The number of nitrogens with one attached hydrogen (secondary N) is 1. The fraction of sp³-hybridized carbons (Fsp3) is 0.294. The van der Waals surface area contributed by atoms with Gasteiger partial charge in [0.05, 0.1) is 16.3 Å². The molecule has 3 aromatic rings. The molecule has 1 N–H and O–H groups in total. The van der Waals surface area contributed by atoms with Crippen LogP contribution in [0.3, 0.4) is 0 Å². The van der Waals surface area contributed by atoms with Crippen molar-refractivity contribution >= 4 is 15.5 Å². The summed E-state index contributed by atoms with van der Waals surface area (Å²) in [6.45, 7) is 3.51. The lowest BCUT2D eigenvalue weighted by Gasteiger charge is -2.17. The van der Waals surface area contributed by atoms with Gasteiger partial charge in [0.2, 0.25) is 9.84 Å². The number of hydrogen-bond acceptors (Lipinski definition) is 5. The third-order valence-corrected chi connectivity index (χ3v) is 6.22. The van der Waals surface area contributed by atoms with Gasteiger partial charge in [0.15, 0.2) is 5.65 Å². The molecular formula is C17H18N4O2S. The first-order valence-corrected chi connectivity index (χ1v) is 9.50. The first-order chi connectivity index (χ1) is 11.6. The average molecular weight is 342 g/mol. The average Bonchev–Trinajstić information content (AvgIpc) is 3.02. The molecule has 1 aliphatic rings. The van der Waals surface area contributed by atoms with Crippen molar-refractivity contribution in [3.63, 3.8) is 0 Å². The van der Waals surface area contributed by atoms with Crippen molar-refractivity contribution in [3.8, 4) is 0 Å². The predicted molar refractivity (Wildman–Crippen MR) is 89.7 cm³/mol. The summed E-state index contributed by atoms with van der Waals surface area (Å²) in [6.07, 6.45) is 3.11. The predicted octanol–water partition coefficient (Wildman–Crippen LogP) is 1.77. The summed E-state index contributed by atoms with van der Waals surface area (Å²) < 4.78 is 28.0. The molecule has 0 bridgehead atoms. The molecule has 124 valence electrons. The molecule has 0 radical (unpaired) electrons. The Morgan fingerprint density at radius 1 is 1.25 bits per heavy atom. The van der Waals surface area contributed by atoms with Gasteiger partial charge in [0.1, 0.15) is 4.90 Å². The zero-order chi connectivity index (χ0) is 16.7. The van der Waals surface area contributed by atoms with Crippen molar-refractivity contribution in [1.29, 1.82) is 0 Å². The second-order valence-electron chi connectivity index (χ2n) is 5.84. The van der Waals surface area contributed by atoms with Crippen molar-refractivity contribution in [3.05, 3.63) is 53.5 Å². The maximum Gasteiger partial charge on any atom is 0.212 e. The van der Waals surface area contributed by atoms with Gasteiger partial charge in [-0.15, -0.1) is 0 Å². The van der Waals surface area contributed by atoms with Gasteiger partial charge in [-0.05, 0) is 18.6 Å². The molecule has 0 unspecified atom stereocenters. The van der Waals surface area contributed by atoms with Gasteiger partial charge in [-0.25, -0.2) is 17.9 Å². The van der Waals surface area contributed by atoms with Gasteiger partial charge in [-0.1, -0.05) is 25.1 Å². The second-order valence-corrected chi connectivity index (χ2v) is 7.72. The molecule has 0 saturated heterocycles. The Balaban J connectivity index is 2.02. The van der Waals surface area contributed by atoms with Crippen LogP contribution in [0.2, 0.25) is 0 Å². The van der Waals surface area contributed by atoms with Gasteiger partial charge in [-0.2, -0.15) is 5.10 Å². The second kappa shape index (κ2) is 5.68. The molecule has 1 aliphatic heterocycles. The molecule has 4 rings (SSSR count). The molecule has 0 atom stereocenters. The summed E-state index contributed by atoms with van der Waals surface area (Å²) in [5.74, 6) is 0. The molecule has 0 spiro atoms. The molecule has 0 aliphatic carbocycles. The van der Waals surface area contributed by atoms with Crippen LogP contribution < -0.4 is 5.32 Å². The smallest absolute Gasteiger partial charge is 0.212 e. The highest BCUT2D eigenvalue weighted by molar-refractivity contribution is 7.91. The van der Waals surface area contributed by atoms with Crippen LogP contribution in [0.1, 0.15) is 23.9 Å². The molecule has 3 heterocycles. The van der Waals surface area contributed by atoms with Crippen LogP contribution in [-0.2, 0) is 29.2 Å². The normalized spacial score (nSPS) is 14.7. The van der Waals surface area contributed by atoms with Crippen molar-refractivity contribution < 1.29 is 8.42 Å². The number of nitrogens with zero attached hydrogens (tertiary/aromatic N) is 3. The Morgan fingerprint density at radius 2 is 2.04 bits per heavy atom. The van der Waals surface area contributed by atoms with E-state index in [-0.39, 0.29) is 9.79 Å². The third kappa shape index (κ3) is 2.23. The Bertz CT molecular complexity index is 1010. The molecular weight excluding hydrogens is 324 g/mol. The summed E-state index contributed by atoms with van der Waals surface area (Å²) in [7, 11) is -3.65. The van der Waals surface area contributed by atoms with Crippen molar-refractivity contribution in [2.24, 2.45) is 0 Å². The molecule has 0 fully saturated rings. The lowest BCUT2D eigenvalue weighted by Crippen LogP contribution is -2.26. The maximum atomic E-state index is 13.2. The Labute approximate surface area is 140 Å². The fourth-order valence-electron chi connectivity index (χ4n) is 3.16. The Kier molecular flexibility index (Phi) is 3.62. The van der Waals surface area contributed by atoms with E-state index >= 15 is 0 Å². The number of hydrogen-bond donors (Lipinski definition) is 1. The highest BCUT2D eigenvalue weighted by Crippen LogP contribution is 2.29. The number of fused-ring (bicyclic) bond motifs is 3. The van der Waals surface area contributed by atoms with E-state index in [1.807, 2.05) is 6.92 Å². The first-order valence-electron chi connectivity index (χ1n) is 8.02. The highest BCUT2D eigenvalue weighted by atomic mass is 32.2. The van der Waals surface area contributed by atoms with E-state index in [9.17, 15) is 8.42 Å². The Morgan fingerprint density at radius 3 is 2.79 bits per heavy atom. The molecule has 1 aromatic carbocycles. The molecule has 6 nitrogen and oxygen atoms in total. The summed E-state index contributed by atoms with van der Waals surface area (Å²) in [5.41, 5.74) is 3.11. The van der Waals surface area contributed by atoms with Crippen LogP contribution >= 0.6 is 0 Å². The van der Waals surface area contributed by atoms with Crippen LogP contribution in [0.5, 0.6) is 0 Å². The summed E-state index contributed by atoms with van der Waals surface area (Å²) in [5, 5.41) is 7.88.